The fourth-order valence-corrected chi connectivity index (χ4v) is 2.86. The van der Waals surface area contributed by atoms with E-state index in [0.717, 1.165) is 19.5 Å². The molecule has 1 heterocycles. The van der Waals surface area contributed by atoms with Gasteiger partial charge in [-0.3, -0.25) is 9.69 Å². The summed E-state index contributed by atoms with van der Waals surface area (Å²) >= 11 is 6.07. The number of piperazine rings is 1. The maximum atomic E-state index is 13.8. The standard InChI is InChI=1S/C17H24ClFN2O/c1-13(2)6-7-17(22)21-10-8-20(9-11-21)12-14-15(18)4-3-5-16(14)19/h3-5,13H,6-12H2,1-2H3. The monoisotopic (exact) mass is 326 g/mol. The van der Waals surface area contributed by atoms with Gasteiger partial charge in [0.15, 0.2) is 0 Å². The van der Waals surface area contributed by atoms with Crippen molar-refractivity contribution in [1.29, 1.82) is 0 Å². The van der Waals surface area contributed by atoms with Gasteiger partial charge in [-0.05, 0) is 24.5 Å². The van der Waals surface area contributed by atoms with Crippen molar-refractivity contribution >= 4 is 17.5 Å². The minimum absolute atomic E-state index is 0.234. The second-order valence-corrected chi connectivity index (χ2v) is 6.70. The molecule has 1 aromatic rings. The maximum absolute atomic E-state index is 13.8. The Kier molecular flexibility index (Phi) is 6.21. The van der Waals surface area contributed by atoms with Crippen LogP contribution >= 0.6 is 11.6 Å². The normalized spacial score (nSPS) is 16.3. The third kappa shape index (κ3) is 4.68. The first kappa shape index (κ1) is 17.2. The van der Waals surface area contributed by atoms with E-state index in [4.69, 9.17) is 11.6 Å². The molecule has 0 radical (unpaired) electrons. The minimum atomic E-state index is -0.261. The van der Waals surface area contributed by atoms with Gasteiger partial charge in [0.2, 0.25) is 5.91 Å². The Balaban J connectivity index is 1.83. The topological polar surface area (TPSA) is 23.6 Å². The van der Waals surface area contributed by atoms with Crippen molar-refractivity contribution in [3.8, 4) is 0 Å². The lowest BCUT2D eigenvalue weighted by Gasteiger charge is -2.35. The highest BCUT2D eigenvalue weighted by Crippen LogP contribution is 2.21. The summed E-state index contributed by atoms with van der Waals surface area (Å²) in [5.41, 5.74) is 0.545. The number of benzene rings is 1. The lowest BCUT2D eigenvalue weighted by atomic mass is 10.1. The van der Waals surface area contributed by atoms with Gasteiger partial charge >= 0.3 is 0 Å². The summed E-state index contributed by atoms with van der Waals surface area (Å²) in [7, 11) is 0. The summed E-state index contributed by atoms with van der Waals surface area (Å²) in [6.45, 7) is 7.70. The zero-order chi connectivity index (χ0) is 16.1. The van der Waals surface area contributed by atoms with E-state index < -0.39 is 0 Å². The molecule has 122 valence electrons. The largest absolute Gasteiger partial charge is 0.340 e. The Morgan fingerprint density at radius 1 is 1.27 bits per heavy atom. The number of nitrogens with zero attached hydrogens (tertiary/aromatic N) is 2. The fraction of sp³-hybridized carbons (Fsp3) is 0.588. The highest BCUT2D eigenvalue weighted by Gasteiger charge is 2.22. The third-order valence-corrected chi connectivity index (χ3v) is 4.46. The SMILES string of the molecule is CC(C)CCC(=O)N1CCN(Cc2c(F)cccc2Cl)CC1. The summed E-state index contributed by atoms with van der Waals surface area (Å²) in [6.07, 6.45) is 1.56. The van der Waals surface area contributed by atoms with Gasteiger partial charge in [0.25, 0.3) is 0 Å². The molecule has 0 aromatic heterocycles. The fourth-order valence-electron chi connectivity index (χ4n) is 2.63. The number of amides is 1. The molecule has 0 atom stereocenters. The average molecular weight is 327 g/mol. The second kappa shape index (κ2) is 7.93. The first-order valence-electron chi connectivity index (χ1n) is 7.90. The lowest BCUT2D eigenvalue weighted by molar-refractivity contribution is -0.133. The van der Waals surface area contributed by atoms with Gasteiger partial charge in [-0.1, -0.05) is 31.5 Å². The summed E-state index contributed by atoms with van der Waals surface area (Å²) in [5, 5.41) is 0.468. The molecule has 0 spiro atoms. The van der Waals surface area contributed by atoms with Crippen LogP contribution in [0.2, 0.25) is 5.02 Å². The van der Waals surface area contributed by atoms with Crippen molar-refractivity contribution < 1.29 is 9.18 Å². The molecule has 1 aliphatic heterocycles. The van der Waals surface area contributed by atoms with E-state index in [2.05, 4.69) is 18.7 Å². The molecule has 5 heteroatoms. The van der Waals surface area contributed by atoms with Gasteiger partial charge in [0.05, 0.1) is 0 Å². The summed E-state index contributed by atoms with van der Waals surface area (Å²) in [4.78, 5) is 16.2. The maximum Gasteiger partial charge on any atom is 0.222 e. The van der Waals surface area contributed by atoms with E-state index in [9.17, 15) is 9.18 Å². The Morgan fingerprint density at radius 2 is 1.95 bits per heavy atom. The molecule has 0 saturated carbocycles. The van der Waals surface area contributed by atoms with E-state index in [-0.39, 0.29) is 11.7 Å². The van der Waals surface area contributed by atoms with Crippen molar-refractivity contribution in [1.82, 2.24) is 9.80 Å². The van der Waals surface area contributed by atoms with E-state index in [1.165, 1.54) is 6.07 Å². The van der Waals surface area contributed by atoms with Crippen LogP contribution in [0.4, 0.5) is 4.39 Å². The van der Waals surface area contributed by atoms with Crippen molar-refractivity contribution in [2.75, 3.05) is 26.2 Å². The number of halogens is 2. The number of hydrogen-bond acceptors (Lipinski definition) is 2. The van der Waals surface area contributed by atoms with Crippen LogP contribution in [-0.2, 0) is 11.3 Å². The number of carbonyl (C=O) groups excluding carboxylic acids is 1. The van der Waals surface area contributed by atoms with Crippen LogP contribution in [0.25, 0.3) is 0 Å². The van der Waals surface area contributed by atoms with E-state index in [0.29, 0.717) is 42.6 Å². The first-order valence-corrected chi connectivity index (χ1v) is 8.28. The van der Waals surface area contributed by atoms with E-state index in [1.54, 1.807) is 12.1 Å². The van der Waals surface area contributed by atoms with Gasteiger partial charge in [-0.15, -0.1) is 0 Å². The summed E-state index contributed by atoms with van der Waals surface area (Å²) < 4.78 is 13.8. The molecule has 0 aliphatic carbocycles. The summed E-state index contributed by atoms with van der Waals surface area (Å²) in [6, 6.07) is 4.77. The Labute approximate surface area is 137 Å². The predicted molar refractivity (Wildman–Crippen MR) is 87.3 cm³/mol. The van der Waals surface area contributed by atoms with Crippen LogP contribution in [0.5, 0.6) is 0 Å². The zero-order valence-electron chi connectivity index (χ0n) is 13.3. The highest BCUT2D eigenvalue weighted by atomic mass is 35.5. The third-order valence-electron chi connectivity index (χ3n) is 4.10. The second-order valence-electron chi connectivity index (χ2n) is 6.29. The Hall–Kier alpha value is -1.13. The van der Waals surface area contributed by atoms with E-state index >= 15 is 0 Å². The van der Waals surface area contributed by atoms with Crippen LogP contribution in [0.15, 0.2) is 18.2 Å². The molecule has 1 aliphatic rings. The van der Waals surface area contributed by atoms with Crippen LogP contribution < -0.4 is 0 Å². The van der Waals surface area contributed by atoms with Crippen molar-refractivity contribution in [3.63, 3.8) is 0 Å². The van der Waals surface area contributed by atoms with Crippen molar-refractivity contribution in [2.45, 2.75) is 33.2 Å². The van der Waals surface area contributed by atoms with Gasteiger partial charge in [0, 0.05) is 49.7 Å². The first-order chi connectivity index (χ1) is 10.5. The van der Waals surface area contributed by atoms with Gasteiger partial charge in [-0.25, -0.2) is 4.39 Å². The average Bonchev–Trinajstić information content (AvgIpc) is 2.49. The number of hydrogen-bond donors (Lipinski definition) is 0. The molecule has 2 rings (SSSR count). The molecule has 1 fully saturated rings. The number of carbonyl (C=O) groups is 1. The molecule has 3 nitrogen and oxygen atoms in total. The van der Waals surface area contributed by atoms with Gasteiger partial charge in [0.1, 0.15) is 5.82 Å². The van der Waals surface area contributed by atoms with Crippen LogP contribution in [-0.4, -0.2) is 41.9 Å². The highest BCUT2D eigenvalue weighted by molar-refractivity contribution is 6.31. The molecular weight excluding hydrogens is 303 g/mol. The molecule has 1 aromatic carbocycles. The van der Waals surface area contributed by atoms with Crippen LogP contribution in [0, 0.1) is 11.7 Å². The molecular formula is C17H24ClFN2O. The molecule has 1 saturated heterocycles. The molecule has 0 unspecified atom stereocenters. The van der Waals surface area contributed by atoms with Crippen LogP contribution in [0.3, 0.4) is 0 Å². The summed E-state index contributed by atoms with van der Waals surface area (Å²) in [5.74, 6) is 0.522. The molecule has 1 amide bonds. The van der Waals surface area contributed by atoms with Gasteiger partial charge in [-0.2, -0.15) is 0 Å². The molecule has 0 bridgehead atoms. The lowest BCUT2D eigenvalue weighted by Crippen LogP contribution is -2.48. The van der Waals surface area contributed by atoms with E-state index in [1.807, 2.05) is 4.90 Å². The van der Waals surface area contributed by atoms with Gasteiger partial charge < -0.3 is 4.90 Å². The minimum Gasteiger partial charge on any atom is -0.340 e. The smallest absolute Gasteiger partial charge is 0.222 e. The molecule has 22 heavy (non-hydrogen) atoms. The Morgan fingerprint density at radius 3 is 2.55 bits per heavy atom. The predicted octanol–water partition coefficient (Wildman–Crippen LogP) is 3.56. The quantitative estimate of drug-likeness (QED) is 0.826. The van der Waals surface area contributed by atoms with Crippen LogP contribution in [0.1, 0.15) is 32.3 Å². The molecule has 0 N–H and O–H groups in total. The number of rotatable bonds is 5. The van der Waals surface area contributed by atoms with Crippen molar-refractivity contribution in [2.24, 2.45) is 5.92 Å². The zero-order valence-corrected chi connectivity index (χ0v) is 14.1. The van der Waals surface area contributed by atoms with Crippen molar-refractivity contribution in [3.05, 3.63) is 34.6 Å². The Bertz CT molecular complexity index is 493.